The number of nitrogens with one attached hydrogen (secondary N) is 2. The van der Waals surface area contributed by atoms with E-state index in [0.717, 1.165) is 24.6 Å². The zero-order valence-corrected chi connectivity index (χ0v) is 11.1. The lowest BCUT2D eigenvalue weighted by Crippen LogP contribution is -2.36. The van der Waals surface area contributed by atoms with Crippen molar-refractivity contribution in [3.8, 4) is 5.75 Å². The highest BCUT2D eigenvalue weighted by Crippen LogP contribution is 2.17. The van der Waals surface area contributed by atoms with Gasteiger partial charge in [-0.25, -0.2) is 9.38 Å². The van der Waals surface area contributed by atoms with E-state index in [0.29, 0.717) is 6.54 Å². The molecular formula is C13H20FN3O. The molecule has 0 radical (unpaired) electrons. The van der Waals surface area contributed by atoms with Crippen LogP contribution in [0.2, 0.25) is 0 Å². The first kappa shape index (κ1) is 14.3. The van der Waals surface area contributed by atoms with Gasteiger partial charge in [-0.3, -0.25) is 0 Å². The molecule has 0 fully saturated rings. The Hall–Kier alpha value is -1.78. The molecule has 0 aliphatic carbocycles. The Balaban J connectivity index is 2.71. The van der Waals surface area contributed by atoms with Gasteiger partial charge in [0, 0.05) is 13.1 Å². The molecular weight excluding hydrogens is 233 g/mol. The van der Waals surface area contributed by atoms with Gasteiger partial charge in [-0.05, 0) is 31.5 Å². The number of nitrogens with zero attached hydrogens (tertiary/aromatic N) is 1. The first-order valence-corrected chi connectivity index (χ1v) is 6.05. The number of aliphatic imine (C=N–C) groups is 1. The minimum Gasteiger partial charge on any atom is -0.494 e. The molecule has 0 aliphatic rings. The molecule has 0 amide bonds. The van der Waals surface area contributed by atoms with Crippen molar-refractivity contribution in [3.63, 3.8) is 0 Å². The lowest BCUT2D eigenvalue weighted by molar-refractivity contribution is 0.386. The Morgan fingerprint density at radius 2 is 1.94 bits per heavy atom. The van der Waals surface area contributed by atoms with Crippen molar-refractivity contribution in [2.45, 2.75) is 20.4 Å². The smallest absolute Gasteiger partial charge is 0.191 e. The highest BCUT2D eigenvalue weighted by molar-refractivity contribution is 5.79. The molecule has 2 N–H and O–H groups in total. The van der Waals surface area contributed by atoms with Gasteiger partial charge in [0.05, 0.1) is 13.7 Å². The number of rotatable bonds is 5. The molecule has 0 aromatic heterocycles. The molecule has 0 atom stereocenters. The highest BCUT2D eigenvalue weighted by atomic mass is 19.1. The molecule has 4 nitrogen and oxygen atoms in total. The van der Waals surface area contributed by atoms with Gasteiger partial charge < -0.3 is 15.4 Å². The molecule has 0 heterocycles. The number of halogens is 1. The quantitative estimate of drug-likeness (QED) is 0.622. The van der Waals surface area contributed by atoms with Gasteiger partial charge in [0.25, 0.3) is 0 Å². The summed E-state index contributed by atoms with van der Waals surface area (Å²) >= 11 is 0. The third-order valence-corrected chi connectivity index (χ3v) is 2.32. The van der Waals surface area contributed by atoms with Crippen LogP contribution in [0.1, 0.15) is 19.4 Å². The maximum absolute atomic E-state index is 13.5. The Labute approximate surface area is 107 Å². The molecule has 1 rings (SSSR count). The summed E-state index contributed by atoms with van der Waals surface area (Å²) in [4.78, 5) is 4.36. The zero-order valence-electron chi connectivity index (χ0n) is 11.1. The molecule has 100 valence electrons. The van der Waals surface area contributed by atoms with E-state index in [-0.39, 0.29) is 11.6 Å². The van der Waals surface area contributed by atoms with E-state index in [9.17, 15) is 4.39 Å². The predicted octanol–water partition coefficient (Wildman–Crippen LogP) is 1.91. The Bertz CT molecular complexity index is 399. The summed E-state index contributed by atoms with van der Waals surface area (Å²) in [6.45, 7) is 6.02. The van der Waals surface area contributed by atoms with Crippen molar-refractivity contribution in [1.82, 2.24) is 10.6 Å². The fraction of sp³-hybridized carbons (Fsp3) is 0.462. The van der Waals surface area contributed by atoms with Crippen molar-refractivity contribution in [3.05, 3.63) is 29.6 Å². The van der Waals surface area contributed by atoms with Crippen LogP contribution in [0.25, 0.3) is 0 Å². The number of hydrogen-bond donors (Lipinski definition) is 2. The fourth-order valence-corrected chi connectivity index (χ4v) is 1.49. The van der Waals surface area contributed by atoms with Crippen LogP contribution in [0.4, 0.5) is 4.39 Å². The second-order valence-corrected chi connectivity index (χ2v) is 3.69. The Morgan fingerprint density at radius 3 is 2.44 bits per heavy atom. The third-order valence-electron chi connectivity index (χ3n) is 2.32. The highest BCUT2D eigenvalue weighted by Gasteiger charge is 2.03. The van der Waals surface area contributed by atoms with Crippen LogP contribution >= 0.6 is 0 Å². The predicted molar refractivity (Wildman–Crippen MR) is 71.4 cm³/mol. The second-order valence-electron chi connectivity index (χ2n) is 3.69. The van der Waals surface area contributed by atoms with Crippen LogP contribution in [-0.4, -0.2) is 26.2 Å². The summed E-state index contributed by atoms with van der Waals surface area (Å²) in [5, 5.41) is 6.22. The lowest BCUT2D eigenvalue weighted by atomic mass is 10.2. The summed E-state index contributed by atoms with van der Waals surface area (Å²) < 4.78 is 18.3. The molecule has 5 heteroatoms. The average molecular weight is 253 g/mol. The molecule has 0 unspecified atom stereocenters. The van der Waals surface area contributed by atoms with E-state index in [1.165, 1.54) is 13.2 Å². The van der Waals surface area contributed by atoms with Gasteiger partial charge in [-0.1, -0.05) is 6.07 Å². The molecule has 18 heavy (non-hydrogen) atoms. The maximum Gasteiger partial charge on any atom is 0.191 e. The van der Waals surface area contributed by atoms with Crippen molar-refractivity contribution in [1.29, 1.82) is 0 Å². The summed E-state index contributed by atoms with van der Waals surface area (Å²) in [7, 11) is 1.45. The van der Waals surface area contributed by atoms with Crippen LogP contribution in [0.3, 0.4) is 0 Å². The van der Waals surface area contributed by atoms with Crippen molar-refractivity contribution < 1.29 is 9.13 Å². The maximum atomic E-state index is 13.5. The monoisotopic (exact) mass is 253 g/mol. The molecule has 0 spiro atoms. The topological polar surface area (TPSA) is 45.7 Å². The SMILES string of the molecule is CCNC(=NCc1ccc(OC)c(F)c1)NCC. The molecule has 0 bridgehead atoms. The van der Waals surface area contributed by atoms with Crippen LogP contribution in [-0.2, 0) is 6.54 Å². The number of hydrogen-bond acceptors (Lipinski definition) is 2. The van der Waals surface area contributed by atoms with Gasteiger partial charge in [-0.15, -0.1) is 0 Å². The third kappa shape index (κ3) is 4.24. The summed E-state index contributed by atoms with van der Waals surface area (Å²) in [6.07, 6.45) is 0. The van der Waals surface area contributed by atoms with Crippen LogP contribution in [0.15, 0.2) is 23.2 Å². The number of guanidine groups is 1. The Kier molecular flexibility index (Phi) is 5.97. The van der Waals surface area contributed by atoms with E-state index in [1.807, 2.05) is 13.8 Å². The Morgan fingerprint density at radius 1 is 1.28 bits per heavy atom. The van der Waals surface area contributed by atoms with E-state index < -0.39 is 0 Å². The normalized spacial score (nSPS) is 9.78. The van der Waals surface area contributed by atoms with Crippen LogP contribution in [0.5, 0.6) is 5.75 Å². The van der Waals surface area contributed by atoms with Crippen LogP contribution in [0, 0.1) is 5.82 Å². The van der Waals surface area contributed by atoms with Crippen molar-refractivity contribution in [2.24, 2.45) is 4.99 Å². The number of benzene rings is 1. The first-order valence-electron chi connectivity index (χ1n) is 6.05. The van der Waals surface area contributed by atoms with Crippen LogP contribution < -0.4 is 15.4 Å². The van der Waals surface area contributed by atoms with Gasteiger partial charge in [0.2, 0.25) is 0 Å². The fourth-order valence-electron chi connectivity index (χ4n) is 1.49. The van der Waals surface area contributed by atoms with E-state index >= 15 is 0 Å². The molecule has 1 aromatic carbocycles. The molecule has 0 saturated carbocycles. The lowest BCUT2D eigenvalue weighted by Gasteiger charge is -2.09. The minimum atomic E-state index is -0.362. The standard InChI is InChI=1S/C13H20FN3O/c1-4-15-13(16-5-2)17-9-10-6-7-12(18-3)11(14)8-10/h6-8H,4-5,9H2,1-3H3,(H2,15,16,17). The first-order chi connectivity index (χ1) is 8.71. The second kappa shape index (κ2) is 7.53. The van der Waals surface area contributed by atoms with Gasteiger partial charge in [0.1, 0.15) is 0 Å². The molecule has 0 saturated heterocycles. The number of methoxy groups -OCH3 is 1. The summed E-state index contributed by atoms with van der Waals surface area (Å²) in [5.41, 5.74) is 0.807. The number of ether oxygens (including phenoxy) is 1. The van der Waals surface area contributed by atoms with Gasteiger partial charge >= 0.3 is 0 Å². The van der Waals surface area contributed by atoms with Crippen molar-refractivity contribution >= 4 is 5.96 Å². The summed E-state index contributed by atoms with van der Waals surface area (Å²) in [6, 6.07) is 4.86. The minimum absolute atomic E-state index is 0.251. The largest absolute Gasteiger partial charge is 0.494 e. The van der Waals surface area contributed by atoms with E-state index in [2.05, 4.69) is 15.6 Å². The molecule has 1 aromatic rings. The average Bonchev–Trinajstić information content (AvgIpc) is 2.36. The zero-order chi connectivity index (χ0) is 13.4. The van der Waals surface area contributed by atoms with E-state index in [4.69, 9.17) is 4.74 Å². The van der Waals surface area contributed by atoms with Gasteiger partial charge in [-0.2, -0.15) is 0 Å². The van der Waals surface area contributed by atoms with Crippen molar-refractivity contribution in [2.75, 3.05) is 20.2 Å². The van der Waals surface area contributed by atoms with E-state index in [1.54, 1.807) is 12.1 Å². The molecule has 0 aliphatic heterocycles. The summed E-state index contributed by atoms with van der Waals surface area (Å²) in [5.74, 6) is 0.621. The van der Waals surface area contributed by atoms with Gasteiger partial charge in [0.15, 0.2) is 17.5 Å².